The Kier molecular flexibility index (Phi) is 6.01. The molecule has 1 aromatic carbocycles. The number of carbonyl (C=O) groups is 2. The van der Waals surface area contributed by atoms with Crippen LogP contribution in [0.25, 0.3) is 0 Å². The number of amides is 2. The molecule has 1 aromatic heterocycles. The summed E-state index contributed by atoms with van der Waals surface area (Å²) in [6, 6.07) is 6.44. The molecule has 1 fully saturated rings. The summed E-state index contributed by atoms with van der Waals surface area (Å²) in [6.07, 6.45) is 3.13. The third kappa shape index (κ3) is 4.17. The Bertz CT molecular complexity index is 903. The van der Waals surface area contributed by atoms with Crippen LogP contribution in [0.5, 0.6) is 0 Å². The normalized spacial score (nSPS) is 16.5. The highest BCUT2D eigenvalue weighted by Crippen LogP contribution is 2.24. The highest BCUT2D eigenvalue weighted by atomic mass is 19.1. The minimum atomic E-state index is -0.252. The Balaban J connectivity index is 1.40. The van der Waals surface area contributed by atoms with E-state index < -0.39 is 0 Å². The third-order valence-electron chi connectivity index (χ3n) is 5.99. The van der Waals surface area contributed by atoms with Crippen molar-refractivity contribution >= 4 is 17.5 Å². The number of fused-ring (bicyclic) bond motifs is 1. The van der Waals surface area contributed by atoms with E-state index in [1.807, 2.05) is 9.80 Å². The monoisotopic (exact) mass is 413 g/mol. The first kappa shape index (κ1) is 20.4. The molecule has 4 rings (SSSR count). The van der Waals surface area contributed by atoms with Crippen molar-refractivity contribution in [1.29, 1.82) is 0 Å². The van der Waals surface area contributed by atoms with Gasteiger partial charge in [-0.05, 0) is 30.7 Å². The van der Waals surface area contributed by atoms with Gasteiger partial charge in [-0.3, -0.25) is 14.7 Å². The number of nitrogens with zero attached hydrogens (tertiary/aromatic N) is 4. The molecule has 0 atom stereocenters. The van der Waals surface area contributed by atoms with Gasteiger partial charge in [0, 0.05) is 69.1 Å². The molecule has 160 valence electrons. The lowest BCUT2D eigenvalue weighted by Gasteiger charge is -2.36. The number of anilines is 1. The fourth-order valence-electron chi connectivity index (χ4n) is 4.14. The van der Waals surface area contributed by atoms with Crippen molar-refractivity contribution in [3.05, 3.63) is 47.0 Å². The minimum absolute atomic E-state index is 0.0888. The van der Waals surface area contributed by atoms with Crippen LogP contribution in [-0.4, -0.2) is 64.5 Å². The summed E-state index contributed by atoms with van der Waals surface area (Å²) < 4.78 is 13.1. The summed E-state index contributed by atoms with van der Waals surface area (Å²) in [4.78, 5) is 31.4. The molecule has 7 nitrogen and oxygen atoms in total. The zero-order valence-electron chi connectivity index (χ0n) is 17.4. The summed E-state index contributed by atoms with van der Waals surface area (Å²) in [5.41, 5.74) is 3.22. The Labute approximate surface area is 175 Å². The van der Waals surface area contributed by atoms with Crippen molar-refractivity contribution in [3.63, 3.8) is 0 Å². The van der Waals surface area contributed by atoms with Gasteiger partial charge in [0.2, 0.25) is 5.91 Å². The van der Waals surface area contributed by atoms with Crippen molar-refractivity contribution < 1.29 is 14.0 Å². The molecule has 1 saturated heterocycles. The van der Waals surface area contributed by atoms with E-state index in [0.717, 1.165) is 29.8 Å². The van der Waals surface area contributed by atoms with Gasteiger partial charge in [0.05, 0.1) is 0 Å². The maximum atomic E-state index is 13.1. The van der Waals surface area contributed by atoms with Gasteiger partial charge < -0.3 is 14.7 Å². The number of halogens is 1. The number of hydrogen-bond acceptors (Lipinski definition) is 4. The summed E-state index contributed by atoms with van der Waals surface area (Å²) in [5, 5.41) is 7.31. The standard InChI is InChI=1S/C22H28FN5O2/c1-2-3-4-20(29)28-10-9-19-18(15-28)21(25-24-19)22(30)27-13-11-26(12-14-27)17-7-5-16(23)6-8-17/h5-8H,2-4,9-15H2,1H3,(H,24,25). The predicted molar refractivity (Wildman–Crippen MR) is 112 cm³/mol. The maximum absolute atomic E-state index is 13.1. The van der Waals surface area contributed by atoms with Crippen LogP contribution in [0.2, 0.25) is 0 Å². The smallest absolute Gasteiger partial charge is 0.274 e. The molecular formula is C22H28FN5O2. The lowest BCUT2D eigenvalue weighted by Crippen LogP contribution is -2.49. The van der Waals surface area contributed by atoms with Crippen LogP contribution >= 0.6 is 0 Å². The number of aromatic amines is 1. The summed E-state index contributed by atoms with van der Waals surface area (Å²) in [6.45, 7) is 5.72. The lowest BCUT2D eigenvalue weighted by atomic mass is 10.0. The second kappa shape index (κ2) is 8.85. The molecule has 0 saturated carbocycles. The number of hydrogen-bond donors (Lipinski definition) is 1. The third-order valence-corrected chi connectivity index (χ3v) is 5.99. The lowest BCUT2D eigenvalue weighted by molar-refractivity contribution is -0.132. The molecule has 0 spiro atoms. The highest BCUT2D eigenvalue weighted by molar-refractivity contribution is 5.94. The number of carbonyl (C=O) groups excluding carboxylic acids is 2. The number of piperazine rings is 1. The van der Waals surface area contributed by atoms with Crippen molar-refractivity contribution in [1.82, 2.24) is 20.0 Å². The quantitative estimate of drug-likeness (QED) is 0.818. The molecule has 2 aliphatic rings. The molecule has 2 aromatic rings. The SMILES string of the molecule is CCCCC(=O)N1CCc2[nH]nc(C(=O)N3CCN(c4ccc(F)cc4)CC3)c2C1. The van der Waals surface area contributed by atoms with E-state index in [1.165, 1.54) is 12.1 Å². The van der Waals surface area contributed by atoms with Gasteiger partial charge in [0.15, 0.2) is 5.69 Å². The fraction of sp³-hybridized carbons (Fsp3) is 0.500. The van der Waals surface area contributed by atoms with Crippen LogP contribution in [0.1, 0.15) is 47.9 Å². The first-order valence-corrected chi connectivity index (χ1v) is 10.7. The Morgan fingerprint density at radius 3 is 2.50 bits per heavy atom. The predicted octanol–water partition coefficient (Wildman–Crippen LogP) is 2.59. The summed E-state index contributed by atoms with van der Waals surface area (Å²) in [7, 11) is 0. The highest BCUT2D eigenvalue weighted by Gasteiger charge is 2.31. The van der Waals surface area contributed by atoms with Crippen LogP contribution < -0.4 is 4.90 Å². The second-order valence-electron chi connectivity index (χ2n) is 7.95. The van der Waals surface area contributed by atoms with Crippen LogP contribution in [0.15, 0.2) is 24.3 Å². The zero-order chi connectivity index (χ0) is 21.1. The Morgan fingerprint density at radius 1 is 1.07 bits per heavy atom. The van der Waals surface area contributed by atoms with Gasteiger partial charge in [-0.2, -0.15) is 5.10 Å². The average Bonchev–Trinajstić information content (AvgIpc) is 3.21. The van der Waals surface area contributed by atoms with Crippen molar-refractivity contribution in [2.75, 3.05) is 37.6 Å². The minimum Gasteiger partial charge on any atom is -0.368 e. The number of unbranched alkanes of at least 4 members (excludes halogenated alkanes) is 1. The van der Waals surface area contributed by atoms with Gasteiger partial charge in [0.1, 0.15) is 5.82 Å². The Hall–Kier alpha value is -2.90. The maximum Gasteiger partial charge on any atom is 0.274 e. The number of nitrogens with one attached hydrogen (secondary N) is 1. The molecule has 30 heavy (non-hydrogen) atoms. The van der Waals surface area contributed by atoms with Gasteiger partial charge in [0.25, 0.3) is 5.91 Å². The van der Waals surface area contributed by atoms with Crippen LogP contribution in [0.3, 0.4) is 0 Å². The first-order valence-electron chi connectivity index (χ1n) is 10.7. The Morgan fingerprint density at radius 2 is 1.80 bits per heavy atom. The molecule has 0 aliphatic carbocycles. The largest absolute Gasteiger partial charge is 0.368 e. The zero-order valence-corrected chi connectivity index (χ0v) is 17.4. The van der Waals surface area contributed by atoms with E-state index in [1.54, 1.807) is 12.1 Å². The summed E-state index contributed by atoms with van der Waals surface area (Å²) in [5.74, 6) is -0.192. The van der Waals surface area contributed by atoms with E-state index in [2.05, 4.69) is 22.0 Å². The van der Waals surface area contributed by atoms with Gasteiger partial charge in [-0.25, -0.2) is 4.39 Å². The molecule has 8 heteroatoms. The molecule has 0 unspecified atom stereocenters. The topological polar surface area (TPSA) is 72.5 Å². The molecule has 3 heterocycles. The van der Waals surface area contributed by atoms with E-state index in [-0.39, 0.29) is 17.6 Å². The van der Waals surface area contributed by atoms with Crippen LogP contribution in [-0.2, 0) is 17.8 Å². The number of aromatic nitrogens is 2. The fourth-order valence-corrected chi connectivity index (χ4v) is 4.14. The van der Waals surface area contributed by atoms with Crippen molar-refractivity contribution in [2.45, 2.75) is 39.2 Å². The second-order valence-corrected chi connectivity index (χ2v) is 7.95. The summed E-state index contributed by atoms with van der Waals surface area (Å²) >= 11 is 0. The number of rotatable bonds is 5. The molecule has 2 amide bonds. The van der Waals surface area contributed by atoms with Crippen molar-refractivity contribution in [3.8, 4) is 0 Å². The van der Waals surface area contributed by atoms with Gasteiger partial charge in [-0.1, -0.05) is 13.3 Å². The molecule has 0 radical (unpaired) electrons. The molecule has 2 aliphatic heterocycles. The molecular weight excluding hydrogens is 385 g/mol. The molecule has 0 bridgehead atoms. The van der Waals surface area contributed by atoms with E-state index in [9.17, 15) is 14.0 Å². The van der Waals surface area contributed by atoms with Gasteiger partial charge >= 0.3 is 0 Å². The van der Waals surface area contributed by atoms with E-state index in [0.29, 0.717) is 57.8 Å². The van der Waals surface area contributed by atoms with E-state index in [4.69, 9.17) is 0 Å². The number of benzene rings is 1. The van der Waals surface area contributed by atoms with Gasteiger partial charge in [-0.15, -0.1) is 0 Å². The molecule has 1 N–H and O–H groups in total. The van der Waals surface area contributed by atoms with E-state index >= 15 is 0 Å². The van der Waals surface area contributed by atoms with Crippen LogP contribution in [0.4, 0.5) is 10.1 Å². The van der Waals surface area contributed by atoms with Crippen molar-refractivity contribution in [2.24, 2.45) is 0 Å². The first-order chi connectivity index (χ1) is 14.6. The number of H-pyrrole nitrogens is 1. The average molecular weight is 413 g/mol. The van der Waals surface area contributed by atoms with Crippen LogP contribution in [0, 0.1) is 5.82 Å².